The van der Waals surface area contributed by atoms with E-state index in [9.17, 15) is 18.8 Å². The lowest BCUT2D eigenvalue weighted by Crippen LogP contribution is -2.45. The van der Waals surface area contributed by atoms with E-state index < -0.39 is 29.6 Å². The van der Waals surface area contributed by atoms with Crippen LogP contribution < -0.4 is 26.3 Å². The number of anilines is 1. The molecule has 4 rings (SSSR count). The summed E-state index contributed by atoms with van der Waals surface area (Å²) in [5.74, 6) is -1.53. The Morgan fingerprint density at radius 2 is 1.77 bits per heavy atom. The van der Waals surface area contributed by atoms with Gasteiger partial charge in [0.1, 0.15) is 16.7 Å². The van der Waals surface area contributed by atoms with Crippen LogP contribution in [0.4, 0.5) is 10.1 Å². The molecule has 0 bridgehead atoms. The number of nitrogen functional groups attached to an aromatic ring is 1. The van der Waals surface area contributed by atoms with Crippen LogP contribution in [-0.4, -0.2) is 47.3 Å². The van der Waals surface area contributed by atoms with E-state index in [0.29, 0.717) is 22.6 Å². The second-order valence-electron chi connectivity index (χ2n) is 9.20. The van der Waals surface area contributed by atoms with Crippen LogP contribution in [0, 0.1) is 5.82 Å². The van der Waals surface area contributed by atoms with Crippen LogP contribution >= 0.6 is 11.5 Å². The lowest BCUT2D eigenvalue weighted by molar-refractivity contribution is -0.126. The average Bonchev–Trinajstić information content (AvgIpc) is 3.58. The Balaban J connectivity index is 1.84. The van der Waals surface area contributed by atoms with E-state index in [-0.39, 0.29) is 28.8 Å². The highest BCUT2D eigenvalue weighted by atomic mass is 32.1. The van der Waals surface area contributed by atoms with Gasteiger partial charge in [0, 0.05) is 12.6 Å². The molecule has 1 aliphatic rings. The molecule has 0 saturated heterocycles. The van der Waals surface area contributed by atoms with Crippen LogP contribution in [0.5, 0.6) is 11.5 Å². The number of methoxy groups -OCH3 is 2. The first kappa shape index (κ1) is 27.8. The number of ether oxygens (including phenoxy) is 2. The summed E-state index contributed by atoms with van der Waals surface area (Å²) in [4.78, 5) is 41.0. The number of rotatable bonds is 10. The van der Waals surface area contributed by atoms with Crippen molar-refractivity contribution in [2.24, 2.45) is 5.73 Å². The highest BCUT2D eigenvalue weighted by Crippen LogP contribution is 2.35. The minimum Gasteiger partial charge on any atom is -0.493 e. The third-order valence-corrected chi connectivity index (χ3v) is 7.52. The predicted molar refractivity (Wildman–Crippen MR) is 144 cm³/mol. The van der Waals surface area contributed by atoms with E-state index in [1.54, 1.807) is 18.2 Å². The molecule has 206 valence electrons. The molecule has 1 fully saturated rings. The smallest absolute Gasteiger partial charge is 0.270 e. The first-order valence-electron chi connectivity index (χ1n) is 12.4. The summed E-state index contributed by atoms with van der Waals surface area (Å²) in [6.45, 7) is -0.0700. The molecule has 12 heteroatoms. The number of nitrogens with two attached hydrogens (primary N) is 2. The number of carbonyl (C=O) groups excluding carboxylic acids is 3. The Hall–Kier alpha value is -4.19. The molecule has 10 nitrogen and oxygen atoms in total. The summed E-state index contributed by atoms with van der Waals surface area (Å²) in [5.41, 5.74) is 12.1. The summed E-state index contributed by atoms with van der Waals surface area (Å²) in [6.07, 6.45) is 3.66. The van der Waals surface area contributed by atoms with E-state index in [1.807, 2.05) is 0 Å². The van der Waals surface area contributed by atoms with Crippen LogP contribution in [0.2, 0.25) is 0 Å². The number of carbonyl (C=O) groups is 3. The SMILES string of the molecule is COc1ccc([C@H](C(=O)NC2CCCC2)N(Cc2ccc(F)cc2)C(=O)c2snc(C(N)=O)c2N)cc1OC. The molecule has 0 spiro atoms. The van der Waals surface area contributed by atoms with E-state index in [4.69, 9.17) is 20.9 Å². The molecule has 1 aromatic heterocycles. The van der Waals surface area contributed by atoms with Crippen molar-refractivity contribution < 1.29 is 28.2 Å². The van der Waals surface area contributed by atoms with E-state index >= 15 is 0 Å². The molecule has 0 aliphatic heterocycles. The minimum absolute atomic E-state index is 0.0298. The molecular formula is C27H30FN5O5S. The van der Waals surface area contributed by atoms with Crippen molar-refractivity contribution in [2.75, 3.05) is 20.0 Å². The molecule has 1 atom stereocenters. The van der Waals surface area contributed by atoms with Crippen LogP contribution in [0.15, 0.2) is 42.5 Å². The molecular weight excluding hydrogens is 525 g/mol. The van der Waals surface area contributed by atoms with Gasteiger partial charge in [-0.05, 0) is 59.8 Å². The fourth-order valence-corrected chi connectivity index (χ4v) is 5.43. The Morgan fingerprint density at radius 3 is 2.36 bits per heavy atom. The average molecular weight is 556 g/mol. The molecule has 5 N–H and O–H groups in total. The second-order valence-corrected chi connectivity index (χ2v) is 9.98. The van der Waals surface area contributed by atoms with Crippen LogP contribution in [0.1, 0.15) is 63.0 Å². The summed E-state index contributed by atoms with van der Waals surface area (Å²) in [5, 5.41) is 3.08. The summed E-state index contributed by atoms with van der Waals surface area (Å²) >= 11 is 0.721. The van der Waals surface area contributed by atoms with Crippen molar-refractivity contribution in [3.8, 4) is 11.5 Å². The normalized spacial score (nSPS) is 14.0. The molecule has 39 heavy (non-hydrogen) atoms. The first-order chi connectivity index (χ1) is 18.7. The van der Waals surface area contributed by atoms with Crippen molar-refractivity contribution >= 4 is 34.9 Å². The lowest BCUT2D eigenvalue weighted by atomic mass is 10.0. The summed E-state index contributed by atoms with van der Waals surface area (Å²) < 4.78 is 28.5. The summed E-state index contributed by atoms with van der Waals surface area (Å²) in [7, 11) is 2.97. The predicted octanol–water partition coefficient (Wildman–Crippen LogP) is 3.42. The van der Waals surface area contributed by atoms with Gasteiger partial charge in [0.25, 0.3) is 11.8 Å². The van der Waals surface area contributed by atoms with Gasteiger partial charge in [-0.1, -0.05) is 31.0 Å². The van der Waals surface area contributed by atoms with Gasteiger partial charge >= 0.3 is 0 Å². The number of amides is 3. The zero-order valence-corrected chi connectivity index (χ0v) is 22.4. The lowest BCUT2D eigenvalue weighted by Gasteiger charge is -2.32. The minimum atomic E-state index is -1.14. The molecule has 3 aromatic rings. The molecule has 2 aromatic carbocycles. The van der Waals surface area contributed by atoms with Gasteiger partial charge in [0.15, 0.2) is 17.2 Å². The van der Waals surface area contributed by atoms with Gasteiger partial charge in [-0.3, -0.25) is 14.4 Å². The van der Waals surface area contributed by atoms with Crippen LogP contribution in [0.3, 0.4) is 0 Å². The first-order valence-corrected chi connectivity index (χ1v) is 13.1. The molecule has 1 aliphatic carbocycles. The fraction of sp³-hybridized carbons (Fsp3) is 0.333. The Morgan fingerprint density at radius 1 is 1.10 bits per heavy atom. The number of hydrogen-bond donors (Lipinski definition) is 3. The van der Waals surface area contributed by atoms with Gasteiger partial charge in [0.2, 0.25) is 5.91 Å². The van der Waals surface area contributed by atoms with Crippen molar-refractivity contribution in [3.63, 3.8) is 0 Å². The monoisotopic (exact) mass is 555 g/mol. The maximum absolute atomic E-state index is 14.1. The van der Waals surface area contributed by atoms with E-state index in [1.165, 1.54) is 43.4 Å². The van der Waals surface area contributed by atoms with E-state index in [0.717, 1.165) is 37.2 Å². The quantitative estimate of drug-likeness (QED) is 0.347. The Kier molecular flexibility index (Phi) is 8.65. The van der Waals surface area contributed by atoms with Gasteiger partial charge in [-0.2, -0.15) is 4.37 Å². The van der Waals surface area contributed by atoms with Crippen molar-refractivity contribution in [2.45, 2.75) is 44.3 Å². The number of nitrogens with one attached hydrogen (secondary N) is 1. The number of aromatic nitrogens is 1. The molecule has 3 amide bonds. The maximum atomic E-state index is 14.1. The highest BCUT2D eigenvalue weighted by Gasteiger charge is 2.36. The van der Waals surface area contributed by atoms with Crippen molar-refractivity contribution in [3.05, 3.63) is 70.0 Å². The van der Waals surface area contributed by atoms with E-state index in [2.05, 4.69) is 9.69 Å². The molecule has 0 radical (unpaired) electrons. The third-order valence-electron chi connectivity index (χ3n) is 6.67. The van der Waals surface area contributed by atoms with Crippen molar-refractivity contribution in [1.82, 2.24) is 14.6 Å². The highest BCUT2D eigenvalue weighted by molar-refractivity contribution is 7.09. The second kappa shape index (κ2) is 12.1. The number of halogens is 1. The van der Waals surface area contributed by atoms with Crippen LogP contribution in [-0.2, 0) is 11.3 Å². The zero-order chi connectivity index (χ0) is 28.1. The third kappa shape index (κ3) is 6.11. The van der Waals surface area contributed by atoms with Gasteiger partial charge < -0.3 is 31.2 Å². The Labute approximate surface area is 229 Å². The largest absolute Gasteiger partial charge is 0.493 e. The number of benzene rings is 2. The molecule has 0 unspecified atom stereocenters. The van der Waals surface area contributed by atoms with Gasteiger partial charge in [-0.15, -0.1) is 0 Å². The maximum Gasteiger partial charge on any atom is 0.270 e. The standard InChI is InChI=1S/C27H30FN5O5S/c1-37-19-12-9-16(13-20(19)38-2)23(26(35)31-18-5-3-4-6-18)33(14-15-7-10-17(28)11-8-15)27(36)24-21(29)22(25(30)34)32-39-24/h7-13,18,23H,3-6,14,29H2,1-2H3,(H2,30,34)(H,31,35)/t23-/m1/s1. The van der Waals surface area contributed by atoms with Crippen molar-refractivity contribution in [1.29, 1.82) is 0 Å². The molecule has 1 saturated carbocycles. The molecule has 1 heterocycles. The van der Waals surface area contributed by atoms with Gasteiger partial charge in [0.05, 0.1) is 19.9 Å². The van der Waals surface area contributed by atoms with Gasteiger partial charge in [-0.25, -0.2) is 4.39 Å². The van der Waals surface area contributed by atoms with Crippen LogP contribution in [0.25, 0.3) is 0 Å². The Bertz CT molecular complexity index is 1360. The fourth-order valence-electron chi connectivity index (χ4n) is 4.67. The number of nitrogens with zero attached hydrogens (tertiary/aromatic N) is 2. The summed E-state index contributed by atoms with van der Waals surface area (Å²) in [6, 6.07) is 9.39. The number of hydrogen-bond acceptors (Lipinski definition) is 8. The number of primary amides is 1. The topological polar surface area (TPSA) is 150 Å². The zero-order valence-electron chi connectivity index (χ0n) is 21.6.